The van der Waals surface area contributed by atoms with Gasteiger partial charge in [-0.15, -0.1) is 0 Å². The van der Waals surface area contributed by atoms with Gasteiger partial charge in [-0.05, 0) is 29.8 Å². The van der Waals surface area contributed by atoms with E-state index in [2.05, 4.69) is 15.3 Å². The molecule has 5 nitrogen and oxygen atoms in total. The van der Waals surface area contributed by atoms with Gasteiger partial charge in [-0.25, -0.2) is 4.98 Å². The van der Waals surface area contributed by atoms with Crippen molar-refractivity contribution in [2.24, 2.45) is 0 Å². The molecule has 0 atom stereocenters. The van der Waals surface area contributed by atoms with E-state index in [1.165, 1.54) is 6.08 Å². The lowest BCUT2D eigenvalue weighted by molar-refractivity contribution is -0.116. The molecule has 0 spiro atoms. The fraction of sp³-hybridized carbons (Fsp3) is 0.0625. The van der Waals surface area contributed by atoms with Crippen molar-refractivity contribution >= 4 is 29.2 Å². The number of carbonyl (C=O) groups is 1. The molecule has 1 N–H and O–H groups in total. The number of halogens is 1. The minimum Gasteiger partial charge on any atom is -0.348 e. The predicted octanol–water partition coefficient (Wildman–Crippen LogP) is 2.71. The van der Waals surface area contributed by atoms with Crippen molar-refractivity contribution in [1.29, 1.82) is 0 Å². The monoisotopic (exact) mass is 312 g/mol. The van der Waals surface area contributed by atoms with E-state index in [4.69, 9.17) is 11.6 Å². The number of fused-ring (bicyclic) bond motifs is 1. The molecule has 0 saturated carbocycles. The number of hydrogen-bond acceptors (Lipinski definition) is 3. The van der Waals surface area contributed by atoms with E-state index in [1.54, 1.807) is 18.5 Å². The van der Waals surface area contributed by atoms with Crippen LogP contribution in [0, 0.1) is 0 Å². The van der Waals surface area contributed by atoms with Gasteiger partial charge < -0.3 is 5.32 Å². The van der Waals surface area contributed by atoms with E-state index in [1.807, 2.05) is 40.9 Å². The van der Waals surface area contributed by atoms with E-state index in [-0.39, 0.29) is 5.91 Å². The summed E-state index contributed by atoms with van der Waals surface area (Å²) in [6.45, 7) is 0.428. The zero-order valence-electron chi connectivity index (χ0n) is 11.6. The number of imidazole rings is 1. The maximum atomic E-state index is 11.9. The van der Waals surface area contributed by atoms with Gasteiger partial charge in [0.2, 0.25) is 5.91 Å². The Morgan fingerprint density at radius 1 is 1.32 bits per heavy atom. The fourth-order valence-electron chi connectivity index (χ4n) is 2.04. The smallest absolute Gasteiger partial charge is 0.244 e. The Balaban J connectivity index is 1.70. The molecule has 0 aromatic carbocycles. The molecule has 22 heavy (non-hydrogen) atoms. The number of hydrogen-bond donors (Lipinski definition) is 1. The van der Waals surface area contributed by atoms with E-state index < -0.39 is 0 Å². The van der Waals surface area contributed by atoms with Crippen LogP contribution in [-0.4, -0.2) is 20.3 Å². The van der Waals surface area contributed by atoms with Crippen LogP contribution in [0.5, 0.6) is 0 Å². The molecular weight excluding hydrogens is 300 g/mol. The van der Waals surface area contributed by atoms with Crippen LogP contribution < -0.4 is 5.32 Å². The van der Waals surface area contributed by atoms with Crippen molar-refractivity contribution in [2.45, 2.75) is 6.54 Å². The number of carbonyl (C=O) groups excluding carboxylic acids is 1. The van der Waals surface area contributed by atoms with Gasteiger partial charge in [0.1, 0.15) is 5.65 Å². The van der Waals surface area contributed by atoms with Crippen molar-refractivity contribution in [3.8, 4) is 0 Å². The van der Waals surface area contributed by atoms with Crippen LogP contribution in [0.15, 0.2) is 55.0 Å². The van der Waals surface area contributed by atoms with E-state index in [9.17, 15) is 4.79 Å². The van der Waals surface area contributed by atoms with Gasteiger partial charge in [0, 0.05) is 31.2 Å². The average Bonchev–Trinajstić information content (AvgIpc) is 2.87. The van der Waals surface area contributed by atoms with Gasteiger partial charge in [0.05, 0.1) is 5.69 Å². The first-order valence-electron chi connectivity index (χ1n) is 6.71. The van der Waals surface area contributed by atoms with E-state index >= 15 is 0 Å². The summed E-state index contributed by atoms with van der Waals surface area (Å²) in [7, 11) is 0. The molecule has 3 heterocycles. The predicted molar refractivity (Wildman–Crippen MR) is 85.3 cm³/mol. The Labute approximate surface area is 132 Å². The highest BCUT2D eigenvalue weighted by Gasteiger charge is 2.07. The summed E-state index contributed by atoms with van der Waals surface area (Å²) in [4.78, 5) is 20.1. The van der Waals surface area contributed by atoms with Gasteiger partial charge in [-0.2, -0.15) is 0 Å². The van der Waals surface area contributed by atoms with Crippen LogP contribution in [0.4, 0.5) is 0 Å². The van der Waals surface area contributed by atoms with Crippen molar-refractivity contribution < 1.29 is 4.79 Å². The zero-order valence-corrected chi connectivity index (χ0v) is 12.4. The molecule has 0 aliphatic carbocycles. The third-order valence-corrected chi connectivity index (χ3v) is 3.38. The molecule has 0 saturated heterocycles. The highest BCUT2D eigenvalue weighted by molar-refractivity contribution is 6.31. The summed E-state index contributed by atoms with van der Waals surface area (Å²) in [6.07, 6.45) is 8.35. The Bertz CT molecular complexity index is 827. The summed E-state index contributed by atoms with van der Waals surface area (Å²) in [6, 6.07) is 9.34. The van der Waals surface area contributed by atoms with Crippen molar-refractivity contribution in [3.05, 3.63) is 71.4 Å². The third kappa shape index (κ3) is 3.15. The highest BCUT2D eigenvalue weighted by atomic mass is 35.5. The quantitative estimate of drug-likeness (QED) is 0.754. The zero-order chi connectivity index (χ0) is 15.4. The van der Waals surface area contributed by atoms with Crippen LogP contribution in [0.3, 0.4) is 0 Å². The fourth-order valence-corrected chi connectivity index (χ4v) is 2.28. The number of aromatic nitrogens is 3. The lowest BCUT2D eigenvalue weighted by atomic mass is 10.3. The minimum atomic E-state index is -0.203. The van der Waals surface area contributed by atoms with Gasteiger partial charge >= 0.3 is 0 Å². The molecule has 3 aromatic rings. The molecule has 0 fully saturated rings. The first-order valence-corrected chi connectivity index (χ1v) is 7.09. The molecule has 3 aromatic heterocycles. The summed E-state index contributed by atoms with van der Waals surface area (Å²) >= 11 is 6.10. The Hall–Kier alpha value is -2.66. The molecule has 6 heteroatoms. The van der Waals surface area contributed by atoms with Gasteiger partial charge in [-0.1, -0.05) is 23.7 Å². The number of pyridine rings is 2. The highest BCUT2D eigenvalue weighted by Crippen LogP contribution is 2.18. The number of nitrogens with zero attached hydrogens (tertiary/aromatic N) is 3. The second kappa shape index (κ2) is 6.41. The molecular formula is C16H13ClN4O. The summed E-state index contributed by atoms with van der Waals surface area (Å²) < 4.78 is 1.83. The first kappa shape index (κ1) is 14.3. The van der Waals surface area contributed by atoms with Crippen molar-refractivity contribution in [1.82, 2.24) is 19.7 Å². The third-order valence-electron chi connectivity index (χ3n) is 3.10. The normalized spacial score (nSPS) is 11.1. The Kier molecular flexibility index (Phi) is 4.16. The Morgan fingerprint density at radius 2 is 2.23 bits per heavy atom. The van der Waals surface area contributed by atoms with Crippen LogP contribution in [0.25, 0.3) is 11.7 Å². The maximum absolute atomic E-state index is 11.9. The number of amides is 1. The van der Waals surface area contributed by atoms with E-state index in [0.717, 1.165) is 11.2 Å². The Morgan fingerprint density at radius 3 is 3.05 bits per heavy atom. The van der Waals surface area contributed by atoms with Crippen LogP contribution in [0.1, 0.15) is 11.3 Å². The van der Waals surface area contributed by atoms with Crippen LogP contribution >= 0.6 is 11.6 Å². The molecule has 0 aliphatic heterocycles. The topological polar surface area (TPSA) is 59.3 Å². The van der Waals surface area contributed by atoms with Gasteiger partial charge in [0.15, 0.2) is 5.15 Å². The molecule has 3 rings (SSSR count). The molecule has 1 amide bonds. The van der Waals surface area contributed by atoms with Crippen molar-refractivity contribution in [2.75, 3.05) is 0 Å². The molecule has 0 aliphatic rings. The first-order chi connectivity index (χ1) is 10.7. The van der Waals surface area contributed by atoms with Crippen LogP contribution in [0.2, 0.25) is 5.15 Å². The second-order valence-corrected chi connectivity index (χ2v) is 4.99. The number of rotatable bonds is 4. The lowest BCUT2D eigenvalue weighted by Crippen LogP contribution is -2.20. The van der Waals surface area contributed by atoms with Crippen LogP contribution in [-0.2, 0) is 11.3 Å². The summed E-state index contributed by atoms with van der Waals surface area (Å²) in [5, 5.41) is 3.15. The number of nitrogens with one attached hydrogen (secondary N) is 1. The standard InChI is InChI=1S/C16H13ClN4O/c17-16-13(21-9-2-1-5-14(21)20-16)6-7-15(22)19-11-12-4-3-8-18-10-12/h1-10H,11H2,(H,19,22)/b7-6+. The summed E-state index contributed by atoms with van der Waals surface area (Å²) in [5.74, 6) is -0.203. The van der Waals surface area contributed by atoms with E-state index in [0.29, 0.717) is 17.4 Å². The summed E-state index contributed by atoms with van der Waals surface area (Å²) in [5.41, 5.74) is 2.36. The lowest BCUT2D eigenvalue weighted by Gasteiger charge is -2.01. The minimum absolute atomic E-state index is 0.203. The molecule has 0 bridgehead atoms. The van der Waals surface area contributed by atoms with Crippen molar-refractivity contribution in [3.63, 3.8) is 0 Å². The van der Waals surface area contributed by atoms with Gasteiger partial charge in [-0.3, -0.25) is 14.2 Å². The molecule has 0 radical (unpaired) electrons. The van der Waals surface area contributed by atoms with Gasteiger partial charge in [0.25, 0.3) is 0 Å². The average molecular weight is 313 g/mol. The molecule has 0 unspecified atom stereocenters. The second-order valence-electron chi connectivity index (χ2n) is 4.63. The molecule has 110 valence electrons. The maximum Gasteiger partial charge on any atom is 0.244 e. The largest absolute Gasteiger partial charge is 0.348 e. The SMILES string of the molecule is O=C(/C=C/c1c(Cl)nc2ccccn12)NCc1cccnc1.